The van der Waals surface area contributed by atoms with Crippen LogP contribution in [0.2, 0.25) is 18.1 Å². The van der Waals surface area contributed by atoms with Crippen molar-refractivity contribution in [3.05, 3.63) is 51.2 Å². The van der Waals surface area contributed by atoms with E-state index < -0.39 is 31.1 Å². The highest BCUT2D eigenvalue weighted by atomic mass is 28.4. The first kappa shape index (κ1) is 30.6. The van der Waals surface area contributed by atoms with Gasteiger partial charge in [-0.2, -0.15) is 5.26 Å². The summed E-state index contributed by atoms with van der Waals surface area (Å²) in [7, 11) is -1.99. The van der Waals surface area contributed by atoms with Crippen LogP contribution < -0.4 is 0 Å². The minimum Gasteiger partial charge on any atom is -0.413 e. The van der Waals surface area contributed by atoms with Crippen LogP contribution >= 0.6 is 0 Å². The van der Waals surface area contributed by atoms with Crippen LogP contribution in [0, 0.1) is 39.2 Å². The average molecular weight is 583 g/mol. The van der Waals surface area contributed by atoms with Gasteiger partial charge in [-0.1, -0.05) is 27.7 Å². The standard InChI is InChI=1S/C29H38N4O7Si/c1-6-41(7-2,8-3)40-19(5)24-25-18(4)23(17-31-14-13-20(15-30)16-31)26(32(25)27(24)34)29(36)39-28(35)21-9-11-22(12-10-21)33(37)38/h9-12,18-20,24-25H,6-8,13-14,16-17H2,1-5H3/t18-,19+,20+,24+,25+/m0/s1. The van der Waals surface area contributed by atoms with Gasteiger partial charge in [0.25, 0.3) is 5.69 Å². The maximum atomic E-state index is 13.6. The first-order valence-corrected chi connectivity index (χ1v) is 16.9. The van der Waals surface area contributed by atoms with E-state index in [2.05, 4.69) is 31.7 Å². The number of fused-ring (bicyclic) bond motifs is 1. The highest BCUT2D eigenvalue weighted by Gasteiger charge is 2.61. The Morgan fingerprint density at radius 1 is 1.17 bits per heavy atom. The number of likely N-dealkylation sites (tertiary alicyclic amines) is 1. The Kier molecular flexibility index (Phi) is 9.11. The monoisotopic (exact) mass is 582 g/mol. The van der Waals surface area contributed by atoms with Gasteiger partial charge in [0, 0.05) is 31.1 Å². The summed E-state index contributed by atoms with van der Waals surface area (Å²) in [5.41, 5.74) is 0.584. The van der Waals surface area contributed by atoms with E-state index in [1.54, 1.807) is 0 Å². The fourth-order valence-corrected chi connectivity index (χ4v) is 9.47. The summed E-state index contributed by atoms with van der Waals surface area (Å²) >= 11 is 0. The Hall–Kier alpha value is -3.40. The molecule has 3 aliphatic heterocycles. The molecule has 1 amide bonds. The molecule has 5 atom stereocenters. The summed E-state index contributed by atoms with van der Waals surface area (Å²) in [6, 6.07) is 9.65. The maximum absolute atomic E-state index is 13.6. The Balaban J connectivity index is 1.60. The molecule has 2 fully saturated rings. The van der Waals surface area contributed by atoms with Crippen LogP contribution in [0.5, 0.6) is 0 Å². The van der Waals surface area contributed by atoms with E-state index in [-0.39, 0.29) is 46.8 Å². The van der Waals surface area contributed by atoms with Crippen molar-refractivity contribution in [2.24, 2.45) is 17.8 Å². The van der Waals surface area contributed by atoms with Crippen molar-refractivity contribution in [3.8, 4) is 6.07 Å². The van der Waals surface area contributed by atoms with Gasteiger partial charge in [0.15, 0.2) is 8.32 Å². The molecule has 0 radical (unpaired) electrons. The third-order valence-corrected chi connectivity index (χ3v) is 13.9. The predicted molar refractivity (Wildman–Crippen MR) is 152 cm³/mol. The molecule has 4 rings (SSSR count). The van der Waals surface area contributed by atoms with Gasteiger partial charge < -0.3 is 14.1 Å². The lowest BCUT2D eigenvalue weighted by atomic mass is 9.77. The molecule has 2 saturated heterocycles. The second kappa shape index (κ2) is 12.2. The lowest BCUT2D eigenvalue weighted by Crippen LogP contribution is -2.65. The van der Waals surface area contributed by atoms with Crippen molar-refractivity contribution < 1.29 is 28.5 Å². The van der Waals surface area contributed by atoms with Gasteiger partial charge in [-0.25, -0.2) is 9.59 Å². The Labute approximate surface area is 241 Å². The van der Waals surface area contributed by atoms with Crippen molar-refractivity contribution in [2.45, 2.75) is 71.3 Å². The van der Waals surface area contributed by atoms with Crippen LogP contribution in [0.15, 0.2) is 35.5 Å². The molecule has 12 heteroatoms. The van der Waals surface area contributed by atoms with Gasteiger partial charge in [-0.05, 0) is 55.7 Å². The largest absolute Gasteiger partial charge is 0.413 e. The molecule has 0 spiro atoms. The van der Waals surface area contributed by atoms with Gasteiger partial charge in [-0.3, -0.25) is 19.8 Å². The summed E-state index contributed by atoms with van der Waals surface area (Å²) in [5.74, 6) is -2.79. The molecule has 220 valence electrons. The number of nitro benzene ring substituents is 1. The molecule has 3 heterocycles. The van der Waals surface area contributed by atoms with Crippen LogP contribution in [0.4, 0.5) is 5.69 Å². The predicted octanol–water partition coefficient (Wildman–Crippen LogP) is 4.26. The van der Waals surface area contributed by atoms with E-state index >= 15 is 0 Å². The summed E-state index contributed by atoms with van der Waals surface area (Å²) < 4.78 is 11.9. The summed E-state index contributed by atoms with van der Waals surface area (Å²) in [6.45, 7) is 12.0. The van der Waals surface area contributed by atoms with Gasteiger partial charge in [0.1, 0.15) is 5.70 Å². The minimum absolute atomic E-state index is 0.0140. The van der Waals surface area contributed by atoms with Crippen LogP contribution in [-0.2, 0) is 18.8 Å². The summed E-state index contributed by atoms with van der Waals surface area (Å²) in [4.78, 5) is 53.9. The lowest BCUT2D eigenvalue weighted by molar-refractivity contribution is -0.384. The molecule has 1 aromatic rings. The molecule has 0 aromatic heterocycles. The van der Waals surface area contributed by atoms with Crippen molar-refractivity contribution in [1.82, 2.24) is 9.80 Å². The molecule has 11 nitrogen and oxygen atoms in total. The lowest BCUT2D eigenvalue weighted by Gasteiger charge is -2.49. The molecule has 0 aliphatic carbocycles. The Bertz CT molecular complexity index is 1280. The summed E-state index contributed by atoms with van der Waals surface area (Å²) in [5, 5.41) is 20.3. The number of non-ortho nitro benzene ring substituents is 1. The zero-order chi connectivity index (χ0) is 30.1. The normalized spacial score (nSPS) is 25.0. The van der Waals surface area contributed by atoms with E-state index in [0.29, 0.717) is 25.2 Å². The first-order valence-electron chi connectivity index (χ1n) is 14.4. The van der Waals surface area contributed by atoms with Crippen molar-refractivity contribution >= 4 is 31.9 Å². The van der Waals surface area contributed by atoms with E-state index in [1.807, 2.05) is 13.8 Å². The van der Waals surface area contributed by atoms with Gasteiger partial charge in [0.2, 0.25) is 5.91 Å². The smallest absolute Gasteiger partial charge is 0.362 e. The van der Waals surface area contributed by atoms with E-state index in [4.69, 9.17) is 9.16 Å². The quantitative estimate of drug-likeness (QED) is 0.0933. The fourth-order valence-electron chi connectivity index (χ4n) is 6.53. The van der Waals surface area contributed by atoms with Crippen LogP contribution in [0.25, 0.3) is 0 Å². The molecule has 0 saturated carbocycles. The van der Waals surface area contributed by atoms with Gasteiger partial charge in [0.05, 0.1) is 40.5 Å². The Morgan fingerprint density at radius 2 is 1.80 bits per heavy atom. The number of β-lactam (4-membered cyclic amide) rings is 1. The highest BCUT2D eigenvalue weighted by molar-refractivity contribution is 6.73. The number of esters is 2. The first-order chi connectivity index (χ1) is 19.5. The number of nitro groups is 1. The fraction of sp³-hybridized carbons (Fsp3) is 0.586. The molecule has 1 aromatic carbocycles. The maximum Gasteiger partial charge on any atom is 0.362 e. The number of nitriles is 1. The Morgan fingerprint density at radius 3 is 2.34 bits per heavy atom. The number of hydrogen-bond donors (Lipinski definition) is 0. The topological polar surface area (TPSA) is 143 Å². The van der Waals surface area contributed by atoms with E-state index in [9.17, 15) is 29.8 Å². The summed E-state index contributed by atoms with van der Waals surface area (Å²) in [6.07, 6.45) is 0.416. The zero-order valence-electron chi connectivity index (χ0n) is 24.3. The number of hydrogen-bond acceptors (Lipinski definition) is 9. The van der Waals surface area contributed by atoms with Crippen molar-refractivity contribution in [3.63, 3.8) is 0 Å². The molecular formula is C29H38N4O7Si. The SMILES string of the molecule is CC[Si](CC)(CC)O[C@H](C)[C@H]1C(=O)N2C(C(=O)OC(=O)c3ccc([N+](=O)[O-])cc3)=C(CN3CC[C@H](C#N)C3)[C@H](C)[C@H]12. The molecule has 3 aliphatic rings. The molecule has 0 N–H and O–H groups in total. The molecular weight excluding hydrogens is 544 g/mol. The van der Waals surface area contributed by atoms with Gasteiger partial charge >= 0.3 is 11.9 Å². The van der Waals surface area contributed by atoms with Gasteiger partial charge in [-0.15, -0.1) is 0 Å². The number of rotatable bonds is 11. The van der Waals surface area contributed by atoms with Crippen LogP contribution in [0.1, 0.15) is 51.4 Å². The highest BCUT2D eigenvalue weighted by Crippen LogP contribution is 2.49. The zero-order valence-corrected chi connectivity index (χ0v) is 25.3. The molecule has 0 unspecified atom stereocenters. The number of nitrogens with zero attached hydrogens (tertiary/aromatic N) is 4. The number of carbonyl (C=O) groups excluding carboxylic acids is 3. The average Bonchev–Trinajstić information content (AvgIpc) is 3.52. The number of carbonyl (C=O) groups is 3. The number of amides is 1. The third-order valence-electron chi connectivity index (χ3n) is 9.21. The van der Waals surface area contributed by atoms with E-state index in [1.165, 1.54) is 17.0 Å². The van der Waals surface area contributed by atoms with Crippen LogP contribution in [-0.4, -0.2) is 72.7 Å². The second-order valence-corrected chi connectivity index (χ2v) is 16.0. The molecule has 41 heavy (non-hydrogen) atoms. The van der Waals surface area contributed by atoms with Crippen LogP contribution in [0.3, 0.4) is 0 Å². The number of ether oxygens (including phenoxy) is 1. The van der Waals surface area contributed by atoms with E-state index in [0.717, 1.165) is 36.7 Å². The molecule has 0 bridgehead atoms. The number of benzene rings is 1. The van der Waals surface area contributed by atoms with Crippen molar-refractivity contribution in [2.75, 3.05) is 19.6 Å². The van der Waals surface area contributed by atoms with Crippen molar-refractivity contribution in [1.29, 1.82) is 5.26 Å². The second-order valence-electron chi connectivity index (χ2n) is 11.3. The third kappa shape index (κ3) is 5.71. The minimum atomic E-state index is -1.99.